The third kappa shape index (κ3) is 5.69. The Bertz CT molecular complexity index is 246. The van der Waals surface area contributed by atoms with Crippen LogP contribution in [-0.2, 0) is 0 Å². The lowest BCUT2D eigenvalue weighted by Crippen LogP contribution is -2.45. The molecule has 2 amide bonds. The van der Waals surface area contributed by atoms with Gasteiger partial charge in [-0.2, -0.15) is 0 Å². The zero-order valence-corrected chi connectivity index (χ0v) is 11.6. The van der Waals surface area contributed by atoms with Crippen LogP contribution in [0.5, 0.6) is 0 Å². The minimum Gasteiger partial charge on any atom is -0.396 e. The van der Waals surface area contributed by atoms with Gasteiger partial charge in [0.1, 0.15) is 0 Å². The van der Waals surface area contributed by atoms with Crippen LogP contribution in [0.2, 0.25) is 0 Å². The molecule has 0 aromatic heterocycles. The Labute approximate surface area is 110 Å². The molecule has 0 aromatic rings. The maximum Gasteiger partial charge on any atom is 0.314 e. The third-order valence-corrected chi connectivity index (χ3v) is 3.45. The summed E-state index contributed by atoms with van der Waals surface area (Å²) in [5.41, 5.74) is 0. The van der Waals surface area contributed by atoms with Crippen LogP contribution in [0.3, 0.4) is 0 Å². The minimum atomic E-state index is -0.120. The molecule has 1 saturated heterocycles. The summed E-state index contributed by atoms with van der Waals surface area (Å²) in [5.74, 6) is 0.560. The molecule has 5 nitrogen and oxygen atoms in total. The molecule has 0 saturated carbocycles. The Hall–Kier alpha value is -0.810. The van der Waals surface area contributed by atoms with Gasteiger partial charge < -0.3 is 20.6 Å². The van der Waals surface area contributed by atoms with E-state index in [9.17, 15) is 4.79 Å². The number of likely N-dealkylation sites (tertiary alicyclic amines) is 1. The van der Waals surface area contributed by atoms with E-state index in [1.54, 1.807) is 0 Å². The average molecular weight is 257 g/mol. The Morgan fingerprint density at radius 1 is 1.44 bits per heavy atom. The topological polar surface area (TPSA) is 64.6 Å². The van der Waals surface area contributed by atoms with E-state index in [1.807, 2.05) is 0 Å². The van der Waals surface area contributed by atoms with Gasteiger partial charge in [0, 0.05) is 32.3 Å². The summed E-state index contributed by atoms with van der Waals surface area (Å²) in [6, 6.07) is 0.469. The van der Waals surface area contributed by atoms with E-state index >= 15 is 0 Å². The lowest BCUT2D eigenvalue weighted by atomic mass is 9.97. The van der Waals surface area contributed by atoms with Gasteiger partial charge in [0.25, 0.3) is 0 Å². The van der Waals surface area contributed by atoms with Gasteiger partial charge in [-0.25, -0.2) is 4.79 Å². The summed E-state index contributed by atoms with van der Waals surface area (Å²) in [6.07, 6.45) is 3.02. The fourth-order valence-electron chi connectivity index (χ4n) is 2.31. The number of urea groups is 1. The molecule has 106 valence electrons. The summed E-state index contributed by atoms with van der Waals surface area (Å²) >= 11 is 0. The maximum atomic E-state index is 11.5. The molecule has 3 N–H and O–H groups in total. The normalized spacial score (nSPS) is 21.0. The van der Waals surface area contributed by atoms with Crippen molar-refractivity contribution in [1.82, 2.24) is 15.5 Å². The second-order valence-corrected chi connectivity index (χ2v) is 5.31. The number of hydrogen-bond acceptors (Lipinski definition) is 3. The molecule has 1 atom stereocenters. The predicted octanol–water partition coefficient (Wildman–Crippen LogP) is 0.788. The van der Waals surface area contributed by atoms with Crippen molar-refractivity contribution in [2.75, 3.05) is 32.8 Å². The number of aliphatic hydroxyl groups excluding tert-OH is 1. The van der Waals surface area contributed by atoms with Crippen molar-refractivity contribution >= 4 is 6.03 Å². The van der Waals surface area contributed by atoms with Crippen molar-refractivity contribution < 1.29 is 9.90 Å². The summed E-state index contributed by atoms with van der Waals surface area (Å²) in [4.78, 5) is 13.9. The number of hydrogen-bond donors (Lipinski definition) is 3. The van der Waals surface area contributed by atoms with Crippen LogP contribution in [0.15, 0.2) is 0 Å². The van der Waals surface area contributed by atoms with Crippen LogP contribution in [0, 0.1) is 5.92 Å². The first-order chi connectivity index (χ1) is 8.63. The Morgan fingerprint density at radius 3 is 2.89 bits per heavy atom. The van der Waals surface area contributed by atoms with E-state index in [4.69, 9.17) is 5.11 Å². The van der Waals surface area contributed by atoms with Gasteiger partial charge in [-0.3, -0.25) is 0 Å². The Kier molecular flexibility index (Phi) is 7.05. The van der Waals surface area contributed by atoms with Gasteiger partial charge in [0.15, 0.2) is 0 Å². The van der Waals surface area contributed by atoms with E-state index in [1.165, 1.54) is 19.4 Å². The van der Waals surface area contributed by atoms with E-state index in [0.29, 0.717) is 24.9 Å². The number of amides is 2. The highest BCUT2D eigenvalue weighted by Crippen LogP contribution is 2.17. The monoisotopic (exact) mass is 257 g/mol. The molecular weight excluding hydrogens is 230 g/mol. The summed E-state index contributed by atoms with van der Waals surface area (Å²) < 4.78 is 0. The maximum absolute atomic E-state index is 11.5. The number of carbonyl (C=O) groups is 1. The quantitative estimate of drug-likeness (QED) is 0.616. The van der Waals surface area contributed by atoms with Gasteiger partial charge in [-0.1, -0.05) is 0 Å². The van der Waals surface area contributed by atoms with E-state index in [2.05, 4.69) is 29.4 Å². The highest BCUT2D eigenvalue weighted by Gasteiger charge is 2.21. The van der Waals surface area contributed by atoms with Crippen LogP contribution in [0.1, 0.15) is 33.1 Å². The van der Waals surface area contributed by atoms with Gasteiger partial charge in [-0.15, -0.1) is 0 Å². The highest BCUT2D eigenvalue weighted by atomic mass is 16.3. The van der Waals surface area contributed by atoms with Gasteiger partial charge >= 0.3 is 6.03 Å². The van der Waals surface area contributed by atoms with Crippen LogP contribution in [-0.4, -0.2) is 54.9 Å². The molecule has 1 aliphatic heterocycles. The lowest BCUT2D eigenvalue weighted by Gasteiger charge is -2.35. The number of aliphatic hydroxyl groups is 1. The number of rotatable bonds is 6. The molecule has 0 spiro atoms. The van der Waals surface area contributed by atoms with Crippen LogP contribution < -0.4 is 10.6 Å². The molecule has 1 rings (SSSR count). The number of piperidine rings is 1. The second-order valence-electron chi connectivity index (χ2n) is 5.31. The van der Waals surface area contributed by atoms with Gasteiger partial charge in [-0.05, 0) is 45.6 Å². The van der Waals surface area contributed by atoms with E-state index in [-0.39, 0.29) is 12.6 Å². The largest absolute Gasteiger partial charge is 0.396 e. The van der Waals surface area contributed by atoms with Crippen molar-refractivity contribution in [3.8, 4) is 0 Å². The standard InChI is InChI=1S/C13H27N3O2/c1-11(2)16-7-3-5-12(10-16)9-15-13(18)14-6-4-8-17/h11-12,17H,3-10H2,1-2H3,(H2,14,15,18). The Balaban J connectivity index is 2.16. The van der Waals surface area contributed by atoms with Crippen molar-refractivity contribution in [3.63, 3.8) is 0 Å². The van der Waals surface area contributed by atoms with Crippen LogP contribution >= 0.6 is 0 Å². The zero-order chi connectivity index (χ0) is 13.4. The zero-order valence-electron chi connectivity index (χ0n) is 11.6. The first kappa shape index (κ1) is 15.2. The van der Waals surface area contributed by atoms with Crippen molar-refractivity contribution in [1.29, 1.82) is 0 Å². The molecule has 1 unspecified atom stereocenters. The number of nitrogens with zero attached hydrogens (tertiary/aromatic N) is 1. The van der Waals surface area contributed by atoms with Crippen molar-refractivity contribution in [2.24, 2.45) is 5.92 Å². The molecule has 0 aromatic carbocycles. The third-order valence-electron chi connectivity index (χ3n) is 3.45. The highest BCUT2D eigenvalue weighted by molar-refractivity contribution is 5.73. The number of nitrogens with one attached hydrogen (secondary N) is 2. The molecule has 0 aliphatic carbocycles. The Morgan fingerprint density at radius 2 is 2.22 bits per heavy atom. The van der Waals surface area contributed by atoms with Crippen molar-refractivity contribution in [2.45, 2.75) is 39.2 Å². The fourth-order valence-corrected chi connectivity index (χ4v) is 2.31. The molecule has 1 heterocycles. The molecule has 1 aliphatic rings. The first-order valence-electron chi connectivity index (χ1n) is 7.00. The summed E-state index contributed by atoms with van der Waals surface area (Å²) in [7, 11) is 0. The number of carbonyl (C=O) groups excluding carboxylic acids is 1. The smallest absolute Gasteiger partial charge is 0.314 e. The SMILES string of the molecule is CC(C)N1CCCC(CNC(=O)NCCCO)C1. The molecule has 18 heavy (non-hydrogen) atoms. The van der Waals surface area contributed by atoms with E-state index in [0.717, 1.165) is 13.1 Å². The predicted molar refractivity (Wildman–Crippen MR) is 72.5 cm³/mol. The molecule has 0 radical (unpaired) electrons. The van der Waals surface area contributed by atoms with Gasteiger partial charge in [0.2, 0.25) is 0 Å². The minimum absolute atomic E-state index is 0.117. The molecule has 1 fully saturated rings. The fraction of sp³-hybridized carbons (Fsp3) is 0.923. The van der Waals surface area contributed by atoms with Crippen molar-refractivity contribution in [3.05, 3.63) is 0 Å². The summed E-state index contributed by atoms with van der Waals surface area (Å²) in [5, 5.41) is 14.3. The second kappa shape index (κ2) is 8.32. The molecular formula is C13H27N3O2. The molecule has 0 bridgehead atoms. The first-order valence-corrected chi connectivity index (χ1v) is 7.00. The lowest BCUT2D eigenvalue weighted by molar-refractivity contribution is 0.139. The van der Waals surface area contributed by atoms with Gasteiger partial charge in [0.05, 0.1) is 0 Å². The van der Waals surface area contributed by atoms with Crippen LogP contribution in [0.25, 0.3) is 0 Å². The average Bonchev–Trinajstić information content (AvgIpc) is 2.37. The summed E-state index contributed by atoms with van der Waals surface area (Å²) in [6.45, 7) is 8.09. The molecule has 5 heteroatoms. The van der Waals surface area contributed by atoms with E-state index < -0.39 is 0 Å². The van der Waals surface area contributed by atoms with Crippen LogP contribution in [0.4, 0.5) is 4.79 Å².